The molecular formula is C14H27NO2. The molecule has 1 rings (SSSR count). The number of carbonyl (C=O) groups excluding carboxylic acids is 1. The molecule has 2 unspecified atom stereocenters. The van der Waals surface area contributed by atoms with Crippen molar-refractivity contribution in [3.8, 4) is 0 Å². The molecule has 0 heterocycles. The largest absolute Gasteiger partial charge is 0.465 e. The fraction of sp³-hybridized carbons (Fsp3) is 0.929. The lowest BCUT2D eigenvalue weighted by atomic mass is 9.71. The molecule has 1 aliphatic carbocycles. The number of nitrogens with one attached hydrogen (secondary N) is 1. The Bertz CT molecular complexity index is 247. The van der Waals surface area contributed by atoms with Gasteiger partial charge in [0, 0.05) is 6.04 Å². The maximum Gasteiger partial charge on any atom is 0.326 e. The molecule has 0 bridgehead atoms. The van der Waals surface area contributed by atoms with Gasteiger partial charge in [-0.2, -0.15) is 0 Å². The van der Waals surface area contributed by atoms with Crippen molar-refractivity contribution in [3.63, 3.8) is 0 Å². The van der Waals surface area contributed by atoms with E-state index in [1.165, 1.54) is 6.42 Å². The summed E-state index contributed by atoms with van der Waals surface area (Å²) in [7, 11) is 0. The summed E-state index contributed by atoms with van der Waals surface area (Å²) in [5.41, 5.74) is -0.457. The number of hydrogen-bond donors (Lipinski definition) is 1. The summed E-state index contributed by atoms with van der Waals surface area (Å²) in [5.74, 6) is 1.09. The van der Waals surface area contributed by atoms with E-state index in [2.05, 4.69) is 33.0 Å². The Morgan fingerprint density at radius 2 is 1.88 bits per heavy atom. The van der Waals surface area contributed by atoms with Crippen molar-refractivity contribution >= 4 is 5.97 Å². The maximum atomic E-state index is 12.3. The van der Waals surface area contributed by atoms with Gasteiger partial charge in [0.05, 0.1) is 6.61 Å². The van der Waals surface area contributed by atoms with Crippen molar-refractivity contribution < 1.29 is 9.53 Å². The molecule has 3 heteroatoms. The number of ether oxygens (including phenoxy) is 1. The summed E-state index contributed by atoms with van der Waals surface area (Å²) >= 11 is 0. The van der Waals surface area contributed by atoms with Crippen LogP contribution in [0.2, 0.25) is 0 Å². The fourth-order valence-corrected chi connectivity index (χ4v) is 3.29. The molecule has 2 atom stereocenters. The second-order valence-electron chi connectivity index (χ2n) is 5.96. The average molecular weight is 241 g/mol. The Morgan fingerprint density at radius 3 is 2.29 bits per heavy atom. The van der Waals surface area contributed by atoms with Crippen LogP contribution in [0.25, 0.3) is 0 Å². The van der Waals surface area contributed by atoms with Gasteiger partial charge in [0.15, 0.2) is 0 Å². The molecule has 1 saturated carbocycles. The summed E-state index contributed by atoms with van der Waals surface area (Å²) < 4.78 is 5.28. The lowest BCUT2D eigenvalue weighted by molar-refractivity contribution is -0.154. The smallest absolute Gasteiger partial charge is 0.326 e. The first-order valence-electron chi connectivity index (χ1n) is 6.84. The first kappa shape index (κ1) is 14.5. The Kier molecular flexibility index (Phi) is 4.99. The normalized spacial score (nSPS) is 33.8. The zero-order chi connectivity index (χ0) is 13.1. The quantitative estimate of drug-likeness (QED) is 0.769. The molecule has 0 amide bonds. The first-order chi connectivity index (χ1) is 7.89. The molecule has 100 valence electrons. The summed E-state index contributed by atoms with van der Waals surface area (Å²) in [5, 5.41) is 3.47. The highest BCUT2D eigenvalue weighted by atomic mass is 16.5. The van der Waals surface area contributed by atoms with Gasteiger partial charge in [-0.1, -0.05) is 13.8 Å². The molecule has 1 fully saturated rings. The van der Waals surface area contributed by atoms with Crippen LogP contribution in [-0.2, 0) is 9.53 Å². The van der Waals surface area contributed by atoms with E-state index < -0.39 is 5.54 Å². The van der Waals surface area contributed by atoms with Crippen LogP contribution >= 0.6 is 0 Å². The van der Waals surface area contributed by atoms with E-state index in [1.54, 1.807) is 0 Å². The van der Waals surface area contributed by atoms with Crippen molar-refractivity contribution in [1.29, 1.82) is 0 Å². The standard InChI is InChI=1S/C14H27NO2/c1-6-17-13(16)14(15-10(2)3)8-11(4)7-12(5)9-14/h10-12,15H,6-9H2,1-5H3. The molecule has 17 heavy (non-hydrogen) atoms. The van der Waals surface area contributed by atoms with Crippen molar-refractivity contribution in [1.82, 2.24) is 5.32 Å². The van der Waals surface area contributed by atoms with Gasteiger partial charge >= 0.3 is 5.97 Å². The van der Waals surface area contributed by atoms with E-state index >= 15 is 0 Å². The van der Waals surface area contributed by atoms with Crippen LogP contribution < -0.4 is 5.32 Å². The zero-order valence-corrected chi connectivity index (χ0v) is 11.9. The van der Waals surface area contributed by atoms with Crippen molar-refractivity contribution in [3.05, 3.63) is 0 Å². The number of carbonyl (C=O) groups is 1. The lowest BCUT2D eigenvalue weighted by Gasteiger charge is -2.42. The van der Waals surface area contributed by atoms with Crippen molar-refractivity contribution in [2.24, 2.45) is 11.8 Å². The van der Waals surface area contributed by atoms with Crippen LogP contribution in [0.1, 0.15) is 53.9 Å². The van der Waals surface area contributed by atoms with Gasteiger partial charge in [-0.05, 0) is 51.9 Å². The molecule has 0 aliphatic heterocycles. The molecule has 0 aromatic carbocycles. The molecule has 0 saturated heterocycles. The molecule has 0 aromatic heterocycles. The molecule has 3 nitrogen and oxygen atoms in total. The van der Waals surface area contributed by atoms with E-state index in [9.17, 15) is 4.79 Å². The third-order valence-electron chi connectivity index (χ3n) is 3.43. The van der Waals surface area contributed by atoms with Gasteiger partial charge in [-0.15, -0.1) is 0 Å². The molecule has 1 N–H and O–H groups in total. The Morgan fingerprint density at radius 1 is 1.35 bits per heavy atom. The fourth-order valence-electron chi connectivity index (χ4n) is 3.29. The second-order valence-corrected chi connectivity index (χ2v) is 5.96. The van der Waals surface area contributed by atoms with Crippen LogP contribution in [0.5, 0.6) is 0 Å². The number of rotatable bonds is 4. The van der Waals surface area contributed by atoms with E-state index in [4.69, 9.17) is 4.74 Å². The number of hydrogen-bond acceptors (Lipinski definition) is 3. The summed E-state index contributed by atoms with van der Waals surface area (Å²) in [4.78, 5) is 12.3. The third kappa shape index (κ3) is 3.70. The van der Waals surface area contributed by atoms with Crippen molar-refractivity contribution in [2.45, 2.75) is 65.5 Å². The highest BCUT2D eigenvalue weighted by molar-refractivity contribution is 5.81. The van der Waals surface area contributed by atoms with Crippen LogP contribution in [-0.4, -0.2) is 24.2 Å². The zero-order valence-electron chi connectivity index (χ0n) is 11.9. The summed E-state index contributed by atoms with van der Waals surface area (Å²) in [6, 6.07) is 0.303. The Balaban J connectivity index is 2.87. The van der Waals surface area contributed by atoms with E-state index in [0.29, 0.717) is 24.5 Å². The third-order valence-corrected chi connectivity index (χ3v) is 3.43. The second kappa shape index (κ2) is 5.85. The lowest BCUT2D eigenvalue weighted by Crippen LogP contribution is -2.58. The van der Waals surface area contributed by atoms with Gasteiger partial charge in [-0.25, -0.2) is 0 Å². The highest BCUT2D eigenvalue weighted by Crippen LogP contribution is 2.37. The molecule has 0 radical (unpaired) electrons. The predicted octanol–water partition coefficient (Wildman–Crippen LogP) is 2.74. The SMILES string of the molecule is CCOC(=O)C1(NC(C)C)CC(C)CC(C)C1. The van der Waals surface area contributed by atoms with Gasteiger partial charge < -0.3 is 4.74 Å². The van der Waals surface area contributed by atoms with Crippen LogP contribution in [0.15, 0.2) is 0 Å². The predicted molar refractivity (Wildman–Crippen MR) is 69.8 cm³/mol. The summed E-state index contributed by atoms with van der Waals surface area (Å²) in [6.07, 6.45) is 3.00. The minimum Gasteiger partial charge on any atom is -0.465 e. The van der Waals surface area contributed by atoms with E-state index in [-0.39, 0.29) is 5.97 Å². The molecular weight excluding hydrogens is 214 g/mol. The Hall–Kier alpha value is -0.570. The highest BCUT2D eigenvalue weighted by Gasteiger charge is 2.45. The topological polar surface area (TPSA) is 38.3 Å². The minimum atomic E-state index is -0.457. The average Bonchev–Trinajstić information content (AvgIpc) is 2.14. The Labute approximate surface area is 105 Å². The minimum absolute atomic E-state index is 0.0629. The van der Waals surface area contributed by atoms with Crippen LogP contribution in [0.4, 0.5) is 0 Å². The van der Waals surface area contributed by atoms with Crippen LogP contribution in [0.3, 0.4) is 0 Å². The molecule has 1 aliphatic rings. The van der Waals surface area contributed by atoms with Gasteiger partial charge in [0.2, 0.25) is 0 Å². The van der Waals surface area contributed by atoms with E-state index in [0.717, 1.165) is 12.8 Å². The van der Waals surface area contributed by atoms with E-state index in [1.807, 2.05) is 6.92 Å². The monoisotopic (exact) mass is 241 g/mol. The van der Waals surface area contributed by atoms with Crippen LogP contribution in [0, 0.1) is 11.8 Å². The van der Waals surface area contributed by atoms with Gasteiger partial charge in [0.25, 0.3) is 0 Å². The molecule has 0 aromatic rings. The van der Waals surface area contributed by atoms with Gasteiger partial charge in [0.1, 0.15) is 5.54 Å². The number of esters is 1. The maximum absolute atomic E-state index is 12.3. The van der Waals surface area contributed by atoms with Crippen molar-refractivity contribution in [2.75, 3.05) is 6.61 Å². The molecule has 0 spiro atoms. The van der Waals surface area contributed by atoms with Gasteiger partial charge in [-0.3, -0.25) is 10.1 Å². The first-order valence-corrected chi connectivity index (χ1v) is 6.84. The summed E-state index contributed by atoms with van der Waals surface area (Å²) in [6.45, 7) is 11.0.